The molecule has 0 aliphatic heterocycles. The summed E-state index contributed by atoms with van der Waals surface area (Å²) in [5.41, 5.74) is 5.48. The van der Waals surface area contributed by atoms with Crippen LogP contribution in [0.4, 0.5) is 0 Å². The number of aliphatic carboxylic acids is 1. The zero-order valence-corrected chi connectivity index (χ0v) is 16.9. The second kappa shape index (κ2) is 12.8. The molecule has 6 N–H and O–H groups in total. The van der Waals surface area contributed by atoms with Crippen LogP contribution in [-0.4, -0.2) is 71.2 Å². The summed E-state index contributed by atoms with van der Waals surface area (Å²) in [7, 11) is 0. The number of nitrogens with one attached hydrogen (secondary N) is 3. The highest BCUT2D eigenvalue weighted by Gasteiger charge is 2.28. The first-order valence-corrected chi connectivity index (χ1v) is 10.1. The third kappa shape index (κ3) is 9.30. The summed E-state index contributed by atoms with van der Waals surface area (Å²) in [6.07, 6.45) is 2.12. The largest absolute Gasteiger partial charge is 0.480 e. The van der Waals surface area contributed by atoms with E-state index in [9.17, 15) is 24.3 Å². The molecule has 0 bridgehead atoms. The molecule has 3 atom stereocenters. The molecule has 26 heavy (non-hydrogen) atoms. The number of thioether (sulfide) groups is 1. The van der Waals surface area contributed by atoms with E-state index in [-0.39, 0.29) is 24.6 Å². The van der Waals surface area contributed by atoms with Crippen molar-refractivity contribution >= 4 is 48.1 Å². The van der Waals surface area contributed by atoms with Gasteiger partial charge in [-0.25, -0.2) is 4.79 Å². The van der Waals surface area contributed by atoms with Gasteiger partial charge in [-0.05, 0) is 24.3 Å². The lowest BCUT2D eigenvalue weighted by Crippen LogP contribution is -2.55. The minimum absolute atomic E-state index is 0.136. The molecule has 0 fully saturated rings. The van der Waals surface area contributed by atoms with Crippen LogP contribution in [-0.2, 0) is 19.2 Å². The summed E-state index contributed by atoms with van der Waals surface area (Å²) < 4.78 is 0. The molecule has 9 nitrogen and oxygen atoms in total. The number of carboxylic acids is 1. The molecule has 0 saturated heterocycles. The van der Waals surface area contributed by atoms with Gasteiger partial charge in [0, 0.05) is 5.75 Å². The van der Waals surface area contributed by atoms with E-state index in [2.05, 4.69) is 28.6 Å². The van der Waals surface area contributed by atoms with Crippen molar-refractivity contribution in [3.8, 4) is 0 Å². The maximum absolute atomic E-state index is 12.4. The topological polar surface area (TPSA) is 151 Å². The maximum atomic E-state index is 12.4. The van der Waals surface area contributed by atoms with E-state index in [1.165, 1.54) is 11.8 Å². The molecule has 3 unspecified atom stereocenters. The Morgan fingerprint density at radius 2 is 1.77 bits per heavy atom. The Morgan fingerprint density at radius 3 is 2.23 bits per heavy atom. The van der Waals surface area contributed by atoms with Crippen molar-refractivity contribution in [3.63, 3.8) is 0 Å². The average molecular weight is 409 g/mol. The minimum Gasteiger partial charge on any atom is -0.480 e. The highest BCUT2D eigenvalue weighted by molar-refractivity contribution is 7.98. The Bertz CT molecular complexity index is 504. The molecule has 0 rings (SSSR count). The van der Waals surface area contributed by atoms with Crippen LogP contribution in [0.3, 0.4) is 0 Å². The molecule has 0 aromatic carbocycles. The van der Waals surface area contributed by atoms with Gasteiger partial charge in [-0.1, -0.05) is 13.8 Å². The van der Waals surface area contributed by atoms with Gasteiger partial charge in [-0.2, -0.15) is 24.4 Å². The quantitative estimate of drug-likeness (QED) is 0.223. The van der Waals surface area contributed by atoms with Crippen LogP contribution < -0.4 is 21.7 Å². The summed E-state index contributed by atoms with van der Waals surface area (Å²) in [4.78, 5) is 47.2. The van der Waals surface area contributed by atoms with Crippen LogP contribution in [0.25, 0.3) is 0 Å². The van der Waals surface area contributed by atoms with Crippen LogP contribution in [0.5, 0.6) is 0 Å². The van der Waals surface area contributed by atoms with Crippen molar-refractivity contribution in [3.05, 3.63) is 0 Å². The second-order valence-electron chi connectivity index (χ2n) is 5.98. The summed E-state index contributed by atoms with van der Waals surface area (Å²) in [6, 6.07) is -2.78. The Morgan fingerprint density at radius 1 is 1.15 bits per heavy atom. The van der Waals surface area contributed by atoms with Crippen LogP contribution in [0.1, 0.15) is 20.3 Å². The maximum Gasteiger partial charge on any atom is 0.326 e. The smallest absolute Gasteiger partial charge is 0.326 e. The Labute approximate surface area is 163 Å². The van der Waals surface area contributed by atoms with Gasteiger partial charge in [0.1, 0.15) is 12.1 Å². The third-order valence-corrected chi connectivity index (χ3v) is 4.48. The zero-order chi connectivity index (χ0) is 20.3. The number of rotatable bonds is 12. The Balaban J connectivity index is 4.75. The highest BCUT2D eigenvalue weighted by atomic mass is 32.2. The SMILES string of the molecule is CSCCC(NC(=O)C(NC(=O)CNC(=O)C(N)CS)C(C)C)C(=O)O. The van der Waals surface area contributed by atoms with Crippen molar-refractivity contribution in [1.29, 1.82) is 0 Å². The van der Waals surface area contributed by atoms with Crippen LogP contribution in [0.2, 0.25) is 0 Å². The van der Waals surface area contributed by atoms with Gasteiger partial charge in [0.15, 0.2) is 0 Å². The first-order chi connectivity index (χ1) is 12.1. The standard InChI is InChI=1S/C15H28N4O5S2/c1-8(2)12(14(22)18-10(15(23)24)4-5-26-3)19-11(20)6-17-13(21)9(16)7-25/h8-10,12,25H,4-7,16H2,1-3H3,(H,17,21)(H,18,22)(H,19,20)(H,23,24). The van der Waals surface area contributed by atoms with Gasteiger partial charge in [-0.15, -0.1) is 0 Å². The molecule has 150 valence electrons. The van der Waals surface area contributed by atoms with Gasteiger partial charge in [0.2, 0.25) is 17.7 Å². The molecule has 0 spiro atoms. The molecular formula is C15H28N4O5S2. The first-order valence-electron chi connectivity index (χ1n) is 8.09. The van der Waals surface area contributed by atoms with Gasteiger partial charge >= 0.3 is 5.97 Å². The Hall–Kier alpha value is -1.46. The van der Waals surface area contributed by atoms with Gasteiger partial charge in [0.05, 0.1) is 12.6 Å². The van der Waals surface area contributed by atoms with Crippen molar-refractivity contribution in [2.45, 2.75) is 38.4 Å². The number of amides is 3. The van der Waals surface area contributed by atoms with E-state index in [1.807, 2.05) is 6.26 Å². The molecule has 0 radical (unpaired) electrons. The van der Waals surface area contributed by atoms with E-state index in [1.54, 1.807) is 13.8 Å². The lowest BCUT2D eigenvalue weighted by Gasteiger charge is -2.24. The summed E-state index contributed by atoms with van der Waals surface area (Å²) >= 11 is 5.37. The number of hydrogen-bond acceptors (Lipinski definition) is 7. The van der Waals surface area contributed by atoms with Crippen molar-refractivity contribution in [1.82, 2.24) is 16.0 Å². The predicted octanol–water partition coefficient (Wildman–Crippen LogP) is -1.18. The van der Waals surface area contributed by atoms with Gasteiger partial charge in [-0.3, -0.25) is 14.4 Å². The second-order valence-corrected chi connectivity index (χ2v) is 7.33. The third-order valence-electron chi connectivity index (χ3n) is 3.45. The lowest BCUT2D eigenvalue weighted by molar-refractivity contribution is -0.142. The summed E-state index contributed by atoms with van der Waals surface area (Å²) in [6.45, 7) is 3.10. The molecular weight excluding hydrogens is 380 g/mol. The fourth-order valence-corrected chi connectivity index (χ4v) is 2.53. The van der Waals surface area contributed by atoms with E-state index >= 15 is 0 Å². The molecule has 0 aromatic heterocycles. The summed E-state index contributed by atoms with van der Waals surface area (Å²) in [5.74, 6) is -2.37. The first kappa shape index (κ1) is 24.5. The molecule has 0 aromatic rings. The number of carboxylic acid groups (broad SMARTS) is 1. The van der Waals surface area contributed by atoms with E-state index in [0.717, 1.165) is 0 Å². The summed E-state index contributed by atoms with van der Waals surface area (Å²) in [5, 5.41) is 16.5. The average Bonchev–Trinajstić information content (AvgIpc) is 2.59. The molecule has 3 amide bonds. The van der Waals surface area contributed by atoms with Crippen molar-refractivity contribution in [2.24, 2.45) is 11.7 Å². The minimum atomic E-state index is -1.13. The van der Waals surface area contributed by atoms with Gasteiger partial charge in [0.25, 0.3) is 0 Å². The number of thiol groups is 1. The van der Waals surface area contributed by atoms with E-state index in [4.69, 9.17) is 5.73 Å². The highest BCUT2D eigenvalue weighted by Crippen LogP contribution is 2.05. The van der Waals surface area contributed by atoms with Crippen LogP contribution >= 0.6 is 24.4 Å². The normalized spacial score (nSPS) is 14.2. The zero-order valence-electron chi connectivity index (χ0n) is 15.2. The molecule has 11 heteroatoms. The molecule has 0 aliphatic carbocycles. The van der Waals surface area contributed by atoms with E-state index < -0.39 is 41.8 Å². The fourth-order valence-electron chi connectivity index (χ4n) is 1.90. The monoisotopic (exact) mass is 408 g/mol. The predicted molar refractivity (Wildman–Crippen MR) is 104 cm³/mol. The van der Waals surface area contributed by atoms with E-state index in [0.29, 0.717) is 5.75 Å². The number of nitrogens with two attached hydrogens (primary N) is 1. The molecule has 0 aliphatic rings. The Kier molecular flexibility index (Phi) is 12.1. The number of hydrogen-bond donors (Lipinski definition) is 6. The fraction of sp³-hybridized carbons (Fsp3) is 0.733. The molecule has 0 saturated carbocycles. The van der Waals surface area contributed by atoms with Gasteiger partial charge < -0.3 is 26.8 Å². The van der Waals surface area contributed by atoms with Crippen LogP contribution in [0.15, 0.2) is 0 Å². The van der Waals surface area contributed by atoms with Crippen molar-refractivity contribution in [2.75, 3.05) is 24.3 Å². The van der Waals surface area contributed by atoms with Crippen LogP contribution in [0, 0.1) is 5.92 Å². The lowest BCUT2D eigenvalue weighted by atomic mass is 10.0. The molecule has 0 heterocycles. The number of carbonyl (C=O) groups is 4. The number of carbonyl (C=O) groups excluding carboxylic acids is 3. The van der Waals surface area contributed by atoms with Crippen molar-refractivity contribution < 1.29 is 24.3 Å².